The van der Waals surface area contributed by atoms with Gasteiger partial charge in [-0.05, 0) is 25.1 Å². The Kier molecular flexibility index (Phi) is 4.25. The molecule has 2 aromatic rings. The maximum atomic E-state index is 13.7. The predicted molar refractivity (Wildman–Crippen MR) is 76.6 cm³/mol. The highest BCUT2D eigenvalue weighted by Crippen LogP contribution is 2.24. The van der Waals surface area contributed by atoms with E-state index < -0.39 is 17.7 Å². The van der Waals surface area contributed by atoms with Crippen LogP contribution in [0.1, 0.15) is 51.9 Å². The Balaban J connectivity index is 2.36. The first-order valence-electron chi connectivity index (χ1n) is 6.61. The number of aromatic nitrogens is 1. The van der Waals surface area contributed by atoms with Gasteiger partial charge in [0.05, 0.1) is 16.9 Å². The van der Waals surface area contributed by atoms with Gasteiger partial charge in [-0.15, -0.1) is 0 Å². The van der Waals surface area contributed by atoms with Crippen molar-refractivity contribution in [1.29, 1.82) is 0 Å². The maximum Gasteiger partial charge on any atom is 0.335 e. The van der Waals surface area contributed by atoms with E-state index in [1.807, 2.05) is 13.8 Å². The standard InChI is InChI=1S/C15H15FN2O4/c1-7(2)13-12(8(3)18-22-13)14(19)17-11-6-9(15(20)21)4-5-10(11)16/h4-7H,1-3H3,(H,17,19)(H,20,21). The molecule has 0 aliphatic rings. The Labute approximate surface area is 125 Å². The second kappa shape index (κ2) is 5.97. The molecule has 0 radical (unpaired) electrons. The second-order valence-electron chi connectivity index (χ2n) is 5.12. The zero-order valence-electron chi connectivity index (χ0n) is 12.3. The summed E-state index contributed by atoms with van der Waals surface area (Å²) in [5.74, 6) is -2.20. The lowest BCUT2D eigenvalue weighted by Gasteiger charge is -2.08. The number of nitrogens with zero attached hydrogens (tertiary/aromatic N) is 1. The van der Waals surface area contributed by atoms with E-state index in [-0.39, 0.29) is 22.7 Å². The van der Waals surface area contributed by atoms with Crippen LogP contribution in [0.4, 0.5) is 10.1 Å². The molecule has 6 nitrogen and oxygen atoms in total. The average Bonchev–Trinajstić information content (AvgIpc) is 2.83. The molecule has 7 heteroatoms. The molecule has 2 N–H and O–H groups in total. The minimum Gasteiger partial charge on any atom is -0.478 e. The molecule has 1 heterocycles. The summed E-state index contributed by atoms with van der Waals surface area (Å²) in [6.07, 6.45) is 0. The number of carboxylic acid groups (broad SMARTS) is 1. The van der Waals surface area contributed by atoms with Crippen LogP contribution in [0, 0.1) is 12.7 Å². The summed E-state index contributed by atoms with van der Waals surface area (Å²) in [7, 11) is 0. The van der Waals surface area contributed by atoms with Crippen molar-refractivity contribution in [3.05, 3.63) is 46.6 Å². The van der Waals surface area contributed by atoms with Crippen LogP contribution in [0.15, 0.2) is 22.7 Å². The highest BCUT2D eigenvalue weighted by molar-refractivity contribution is 6.06. The number of amides is 1. The van der Waals surface area contributed by atoms with Crippen molar-refractivity contribution >= 4 is 17.6 Å². The summed E-state index contributed by atoms with van der Waals surface area (Å²) in [6, 6.07) is 3.17. The molecule has 1 aromatic carbocycles. The Hall–Kier alpha value is -2.70. The molecule has 1 amide bonds. The number of rotatable bonds is 4. The number of hydrogen-bond donors (Lipinski definition) is 2. The van der Waals surface area contributed by atoms with Gasteiger partial charge in [0, 0.05) is 5.92 Å². The van der Waals surface area contributed by atoms with E-state index in [9.17, 15) is 14.0 Å². The van der Waals surface area contributed by atoms with E-state index in [0.717, 1.165) is 18.2 Å². The van der Waals surface area contributed by atoms with Gasteiger partial charge in [0.2, 0.25) is 0 Å². The van der Waals surface area contributed by atoms with Gasteiger partial charge in [0.15, 0.2) is 5.76 Å². The molecule has 1 aromatic heterocycles. The lowest BCUT2D eigenvalue weighted by Crippen LogP contribution is -2.16. The topological polar surface area (TPSA) is 92.4 Å². The third kappa shape index (κ3) is 2.98. The van der Waals surface area contributed by atoms with Crippen molar-refractivity contribution in [1.82, 2.24) is 5.16 Å². The minimum absolute atomic E-state index is 0.0721. The van der Waals surface area contributed by atoms with Crippen LogP contribution >= 0.6 is 0 Å². The van der Waals surface area contributed by atoms with Crippen molar-refractivity contribution in [3.63, 3.8) is 0 Å². The molecule has 0 spiro atoms. The molecular formula is C15H15FN2O4. The van der Waals surface area contributed by atoms with Crippen LogP contribution < -0.4 is 5.32 Å². The molecule has 0 saturated heterocycles. The fraction of sp³-hybridized carbons (Fsp3) is 0.267. The molecule has 2 rings (SSSR count). The Bertz CT molecular complexity index is 737. The van der Waals surface area contributed by atoms with Crippen LogP contribution in [0.5, 0.6) is 0 Å². The number of benzene rings is 1. The highest BCUT2D eigenvalue weighted by atomic mass is 19.1. The first-order valence-corrected chi connectivity index (χ1v) is 6.61. The van der Waals surface area contributed by atoms with E-state index in [0.29, 0.717) is 11.5 Å². The monoisotopic (exact) mass is 306 g/mol. The molecule has 0 unspecified atom stereocenters. The molecule has 0 aliphatic heterocycles. The predicted octanol–water partition coefficient (Wildman–Crippen LogP) is 3.20. The van der Waals surface area contributed by atoms with Gasteiger partial charge in [0.25, 0.3) is 5.91 Å². The summed E-state index contributed by atoms with van der Waals surface area (Å²) in [6.45, 7) is 5.28. The fourth-order valence-corrected chi connectivity index (χ4v) is 2.00. The first-order chi connectivity index (χ1) is 10.3. The molecule has 0 bridgehead atoms. The fourth-order valence-electron chi connectivity index (χ4n) is 2.00. The molecule has 0 atom stereocenters. The van der Waals surface area contributed by atoms with E-state index in [4.69, 9.17) is 9.63 Å². The van der Waals surface area contributed by atoms with Gasteiger partial charge in [-0.3, -0.25) is 4.79 Å². The minimum atomic E-state index is -1.21. The third-order valence-corrected chi connectivity index (χ3v) is 3.10. The normalized spacial score (nSPS) is 10.8. The number of carbonyl (C=O) groups is 2. The number of nitrogens with one attached hydrogen (secondary N) is 1. The van der Waals surface area contributed by atoms with Gasteiger partial charge < -0.3 is 14.9 Å². The number of carbonyl (C=O) groups excluding carboxylic acids is 1. The van der Waals surface area contributed by atoms with Gasteiger partial charge in [-0.2, -0.15) is 0 Å². The molecular weight excluding hydrogens is 291 g/mol. The van der Waals surface area contributed by atoms with Crippen molar-refractivity contribution < 1.29 is 23.6 Å². The lowest BCUT2D eigenvalue weighted by atomic mass is 10.0. The summed E-state index contributed by atoms with van der Waals surface area (Å²) in [5, 5.41) is 15.0. The summed E-state index contributed by atoms with van der Waals surface area (Å²) in [4.78, 5) is 23.2. The van der Waals surface area contributed by atoms with E-state index in [2.05, 4.69) is 10.5 Å². The number of carboxylic acids is 1. The zero-order valence-corrected chi connectivity index (χ0v) is 12.3. The Morgan fingerprint density at radius 2 is 2.05 bits per heavy atom. The smallest absolute Gasteiger partial charge is 0.335 e. The first kappa shape index (κ1) is 15.7. The summed E-state index contributed by atoms with van der Waals surface area (Å²) in [5.41, 5.74) is 0.286. The molecule has 0 aliphatic carbocycles. The number of halogens is 1. The van der Waals surface area contributed by atoms with Crippen molar-refractivity contribution in [2.24, 2.45) is 0 Å². The second-order valence-corrected chi connectivity index (χ2v) is 5.12. The summed E-state index contributed by atoms with van der Waals surface area (Å²) >= 11 is 0. The molecule has 0 saturated carbocycles. The third-order valence-electron chi connectivity index (χ3n) is 3.10. The van der Waals surface area contributed by atoms with Crippen molar-refractivity contribution in [2.75, 3.05) is 5.32 Å². The van der Waals surface area contributed by atoms with E-state index >= 15 is 0 Å². The van der Waals surface area contributed by atoms with Crippen molar-refractivity contribution in [3.8, 4) is 0 Å². The van der Waals surface area contributed by atoms with Crippen LogP contribution in [-0.4, -0.2) is 22.1 Å². The van der Waals surface area contributed by atoms with E-state index in [1.54, 1.807) is 6.92 Å². The lowest BCUT2D eigenvalue weighted by molar-refractivity contribution is 0.0696. The quantitative estimate of drug-likeness (QED) is 0.905. The van der Waals surface area contributed by atoms with Crippen LogP contribution in [0.25, 0.3) is 0 Å². The van der Waals surface area contributed by atoms with Crippen molar-refractivity contribution in [2.45, 2.75) is 26.7 Å². The Morgan fingerprint density at radius 3 is 2.64 bits per heavy atom. The van der Waals surface area contributed by atoms with Gasteiger partial charge in [-0.25, -0.2) is 9.18 Å². The summed E-state index contributed by atoms with van der Waals surface area (Å²) < 4.78 is 18.9. The van der Waals surface area contributed by atoms with Gasteiger partial charge in [-0.1, -0.05) is 19.0 Å². The highest BCUT2D eigenvalue weighted by Gasteiger charge is 2.23. The van der Waals surface area contributed by atoms with E-state index in [1.165, 1.54) is 0 Å². The number of hydrogen-bond acceptors (Lipinski definition) is 4. The maximum absolute atomic E-state index is 13.7. The Morgan fingerprint density at radius 1 is 1.36 bits per heavy atom. The molecule has 22 heavy (non-hydrogen) atoms. The van der Waals surface area contributed by atoms with Crippen LogP contribution in [0.2, 0.25) is 0 Å². The van der Waals surface area contributed by atoms with Gasteiger partial charge in [0.1, 0.15) is 11.4 Å². The van der Waals surface area contributed by atoms with Gasteiger partial charge >= 0.3 is 5.97 Å². The number of aryl methyl sites for hydroxylation is 1. The van der Waals surface area contributed by atoms with Crippen LogP contribution in [0.3, 0.4) is 0 Å². The molecule has 116 valence electrons. The molecule has 0 fully saturated rings. The zero-order chi connectivity index (χ0) is 16.4. The largest absolute Gasteiger partial charge is 0.478 e. The SMILES string of the molecule is Cc1noc(C(C)C)c1C(=O)Nc1cc(C(=O)O)ccc1F. The van der Waals surface area contributed by atoms with Crippen LogP contribution in [-0.2, 0) is 0 Å². The average molecular weight is 306 g/mol. The number of anilines is 1. The number of aromatic carboxylic acids is 1.